The van der Waals surface area contributed by atoms with E-state index in [1.807, 2.05) is 4.90 Å². The van der Waals surface area contributed by atoms with Crippen molar-refractivity contribution in [2.24, 2.45) is 4.99 Å². The number of benzene rings is 1. The van der Waals surface area contributed by atoms with Crippen molar-refractivity contribution >= 4 is 17.6 Å². The molecular weight excluding hydrogens is 333 g/mol. The number of carbonyl (C=O) groups excluding carboxylic acids is 1. The van der Waals surface area contributed by atoms with Crippen LogP contribution in [0.4, 0.5) is 10.1 Å². The molecule has 0 spiro atoms. The molecule has 0 unspecified atom stereocenters. The number of hydrogen-bond acceptors (Lipinski definition) is 3. The molecular formula is C19H28FN5O. The number of likely N-dealkylation sites (tertiary alicyclic amines) is 1. The summed E-state index contributed by atoms with van der Waals surface area (Å²) in [5, 5.41) is 3.30. The van der Waals surface area contributed by atoms with Gasteiger partial charge in [-0.2, -0.15) is 0 Å². The lowest BCUT2D eigenvalue weighted by molar-refractivity contribution is -0.131. The number of carbonyl (C=O) groups is 1. The standard InChI is InChI=1S/C19H28FN5O/c1-21-19(25-10-2-3-11-25)22-9-8-18(26)24-14-12-23(13-15-24)17-6-4-16(20)5-7-17/h4-7H,2-3,8-15H2,1H3,(H,21,22). The van der Waals surface area contributed by atoms with Crippen molar-refractivity contribution in [1.82, 2.24) is 15.1 Å². The van der Waals surface area contributed by atoms with Crippen molar-refractivity contribution in [2.45, 2.75) is 19.3 Å². The minimum Gasteiger partial charge on any atom is -0.368 e. The fourth-order valence-electron chi connectivity index (χ4n) is 3.57. The van der Waals surface area contributed by atoms with Gasteiger partial charge in [0.15, 0.2) is 5.96 Å². The van der Waals surface area contributed by atoms with E-state index in [2.05, 4.69) is 20.1 Å². The van der Waals surface area contributed by atoms with Crippen molar-refractivity contribution in [3.05, 3.63) is 30.1 Å². The van der Waals surface area contributed by atoms with Crippen LogP contribution in [0.5, 0.6) is 0 Å². The Labute approximate surface area is 154 Å². The number of anilines is 1. The largest absolute Gasteiger partial charge is 0.368 e. The number of guanidine groups is 1. The molecule has 2 aliphatic heterocycles. The molecule has 1 aromatic rings. The van der Waals surface area contributed by atoms with Gasteiger partial charge in [-0.15, -0.1) is 0 Å². The molecule has 1 N–H and O–H groups in total. The molecule has 0 aliphatic carbocycles. The highest BCUT2D eigenvalue weighted by Gasteiger charge is 2.21. The second-order valence-corrected chi connectivity index (χ2v) is 6.76. The van der Waals surface area contributed by atoms with Crippen molar-refractivity contribution < 1.29 is 9.18 Å². The van der Waals surface area contributed by atoms with Crippen molar-refractivity contribution in [1.29, 1.82) is 0 Å². The van der Waals surface area contributed by atoms with Gasteiger partial charge in [0.1, 0.15) is 5.82 Å². The summed E-state index contributed by atoms with van der Waals surface area (Å²) in [6.45, 7) is 5.66. The summed E-state index contributed by atoms with van der Waals surface area (Å²) in [7, 11) is 1.79. The third kappa shape index (κ3) is 4.65. The highest BCUT2D eigenvalue weighted by atomic mass is 19.1. The van der Waals surface area contributed by atoms with E-state index in [0.29, 0.717) is 26.1 Å². The number of amides is 1. The van der Waals surface area contributed by atoms with Crippen LogP contribution in [0.25, 0.3) is 0 Å². The number of halogens is 1. The molecule has 2 heterocycles. The lowest BCUT2D eigenvalue weighted by Gasteiger charge is -2.36. The molecule has 0 atom stereocenters. The van der Waals surface area contributed by atoms with Crippen molar-refractivity contribution in [3.63, 3.8) is 0 Å². The molecule has 0 radical (unpaired) electrons. The Balaban J connectivity index is 1.40. The highest BCUT2D eigenvalue weighted by molar-refractivity contribution is 5.81. The summed E-state index contributed by atoms with van der Waals surface area (Å²) >= 11 is 0. The lowest BCUT2D eigenvalue weighted by atomic mass is 10.2. The molecule has 142 valence electrons. The Morgan fingerprint density at radius 1 is 1.04 bits per heavy atom. The van der Waals surface area contributed by atoms with E-state index in [1.165, 1.54) is 25.0 Å². The molecule has 6 nitrogen and oxygen atoms in total. The van der Waals surface area contributed by atoms with Gasteiger partial charge in [0, 0.05) is 65.0 Å². The smallest absolute Gasteiger partial charge is 0.224 e. The zero-order valence-electron chi connectivity index (χ0n) is 15.5. The van der Waals surface area contributed by atoms with Gasteiger partial charge in [-0.1, -0.05) is 0 Å². The first-order valence-corrected chi connectivity index (χ1v) is 9.41. The van der Waals surface area contributed by atoms with E-state index < -0.39 is 0 Å². The monoisotopic (exact) mass is 361 g/mol. The van der Waals surface area contributed by atoms with Gasteiger partial charge >= 0.3 is 0 Å². The number of rotatable bonds is 4. The Bertz CT molecular complexity index is 619. The van der Waals surface area contributed by atoms with E-state index in [1.54, 1.807) is 19.2 Å². The van der Waals surface area contributed by atoms with Gasteiger partial charge in [0.05, 0.1) is 0 Å². The molecule has 0 saturated carbocycles. The van der Waals surface area contributed by atoms with Gasteiger partial charge in [0.2, 0.25) is 5.91 Å². The average molecular weight is 361 g/mol. The molecule has 1 aromatic carbocycles. The molecule has 2 aliphatic rings. The number of hydrogen-bond donors (Lipinski definition) is 1. The Hall–Kier alpha value is -2.31. The van der Waals surface area contributed by atoms with Crippen LogP contribution in [0.1, 0.15) is 19.3 Å². The number of nitrogens with zero attached hydrogens (tertiary/aromatic N) is 4. The second-order valence-electron chi connectivity index (χ2n) is 6.76. The third-order valence-corrected chi connectivity index (χ3v) is 5.06. The topological polar surface area (TPSA) is 51.2 Å². The molecule has 2 fully saturated rings. The minimum atomic E-state index is -0.223. The van der Waals surface area contributed by atoms with Crippen LogP contribution in [0.3, 0.4) is 0 Å². The van der Waals surface area contributed by atoms with Gasteiger partial charge in [0.25, 0.3) is 0 Å². The highest BCUT2D eigenvalue weighted by Crippen LogP contribution is 2.17. The van der Waals surface area contributed by atoms with Crippen LogP contribution >= 0.6 is 0 Å². The maximum Gasteiger partial charge on any atom is 0.224 e. The van der Waals surface area contributed by atoms with Crippen LogP contribution in [0.2, 0.25) is 0 Å². The number of nitrogens with one attached hydrogen (secondary N) is 1. The first-order valence-electron chi connectivity index (χ1n) is 9.41. The first kappa shape index (κ1) is 18.5. The summed E-state index contributed by atoms with van der Waals surface area (Å²) in [5.41, 5.74) is 1.01. The molecule has 0 aromatic heterocycles. The lowest BCUT2D eigenvalue weighted by Crippen LogP contribution is -2.49. The molecule has 3 rings (SSSR count). The van der Waals surface area contributed by atoms with Gasteiger partial charge in [-0.25, -0.2) is 4.39 Å². The van der Waals surface area contributed by atoms with Crippen LogP contribution in [0.15, 0.2) is 29.3 Å². The summed E-state index contributed by atoms with van der Waals surface area (Å²) in [6.07, 6.45) is 2.89. The summed E-state index contributed by atoms with van der Waals surface area (Å²) in [6, 6.07) is 6.54. The third-order valence-electron chi connectivity index (χ3n) is 5.06. The fraction of sp³-hybridized carbons (Fsp3) is 0.579. The van der Waals surface area contributed by atoms with E-state index in [-0.39, 0.29) is 11.7 Å². The zero-order chi connectivity index (χ0) is 18.4. The second kappa shape index (κ2) is 8.87. The predicted molar refractivity (Wildman–Crippen MR) is 102 cm³/mol. The molecule has 1 amide bonds. The quantitative estimate of drug-likeness (QED) is 0.653. The van der Waals surface area contributed by atoms with E-state index >= 15 is 0 Å². The summed E-state index contributed by atoms with van der Waals surface area (Å²) in [5.74, 6) is 0.851. The average Bonchev–Trinajstić information content (AvgIpc) is 3.20. The van der Waals surface area contributed by atoms with E-state index in [0.717, 1.165) is 37.8 Å². The van der Waals surface area contributed by atoms with Crippen LogP contribution in [-0.4, -0.2) is 74.5 Å². The predicted octanol–water partition coefficient (Wildman–Crippen LogP) is 1.54. The number of aliphatic imine (C=N–C) groups is 1. The first-order chi connectivity index (χ1) is 12.7. The van der Waals surface area contributed by atoms with Crippen molar-refractivity contribution in [3.8, 4) is 0 Å². The van der Waals surface area contributed by atoms with E-state index in [4.69, 9.17) is 0 Å². The fourth-order valence-corrected chi connectivity index (χ4v) is 3.57. The summed E-state index contributed by atoms with van der Waals surface area (Å²) < 4.78 is 13.0. The zero-order valence-corrected chi connectivity index (χ0v) is 15.5. The molecule has 2 saturated heterocycles. The maximum atomic E-state index is 13.0. The normalized spacial score (nSPS) is 18.4. The van der Waals surface area contributed by atoms with Gasteiger partial charge < -0.3 is 20.0 Å². The van der Waals surface area contributed by atoms with Crippen LogP contribution in [-0.2, 0) is 4.79 Å². The Morgan fingerprint density at radius 3 is 2.31 bits per heavy atom. The maximum absolute atomic E-state index is 13.0. The number of piperazine rings is 1. The SMILES string of the molecule is CN=C(NCCC(=O)N1CCN(c2ccc(F)cc2)CC1)N1CCCC1. The van der Waals surface area contributed by atoms with Crippen LogP contribution in [0, 0.1) is 5.82 Å². The van der Waals surface area contributed by atoms with Gasteiger partial charge in [-0.05, 0) is 37.1 Å². The van der Waals surface area contributed by atoms with Crippen LogP contribution < -0.4 is 10.2 Å². The molecule has 26 heavy (non-hydrogen) atoms. The summed E-state index contributed by atoms with van der Waals surface area (Å²) in [4.78, 5) is 23.1. The van der Waals surface area contributed by atoms with Gasteiger partial charge in [-0.3, -0.25) is 9.79 Å². The minimum absolute atomic E-state index is 0.174. The van der Waals surface area contributed by atoms with E-state index in [9.17, 15) is 9.18 Å². The Morgan fingerprint density at radius 2 is 1.69 bits per heavy atom. The molecule has 0 bridgehead atoms. The molecule has 7 heteroatoms. The van der Waals surface area contributed by atoms with Crippen molar-refractivity contribution in [2.75, 3.05) is 57.8 Å². The Kier molecular flexibility index (Phi) is 6.30.